The fourth-order valence-corrected chi connectivity index (χ4v) is 4.00. The summed E-state index contributed by atoms with van der Waals surface area (Å²) >= 11 is 0. The van der Waals surface area contributed by atoms with Crippen LogP contribution >= 0.6 is 0 Å². The highest BCUT2D eigenvalue weighted by molar-refractivity contribution is 7.92. The lowest BCUT2D eigenvalue weighted by atomic mass is 10.2. The molecule has 0 aliphatic carbocycles. The number of hydrogen-bond donors (Lipinski definition) is 2. The number of sulfonamides is 1. The summed E-state index contributed by atoms with van der Waals surface area (Å²) in [6, 6.07) is 17.9. The number of amides is 1. The predicted molar refractivity (Wildman–Crippen MR) is 122 cm³/mol. The summed E-state index contributed by atoms with van der Waals surface area (Å²) in [5.74, 6) is 1.02. The van der Waals surface area contributed by atoms with Crippen LogP contribution in [0.15, 0.2) is 71.6 Å². The molecule has 8 nitrogen and oxygen atoms in total. The van der Waals surface area contributed by atoms with E-state index in [1.807, 2.05) is 19.1 Å². The van der Waals surface area contributed by atoms with Crippen molar-refractivity contribution >= 4 is 27.3 Å². The van der Waals surface area contributed by atoms with Crippen molar-refractivity contribution in [3.8, 4) is 17.2 Å². The zero-order valence-corrected chi connectivity index (χ0v) is 18.7. The lowest BCUT2D eigenvalue weighted by Crippen LogP contribution is -2.20. The van der Waals surface area contributed by atoms with Crippen LogP contribution in [0, 0.1) is 6.92 Å². The number of anilines is 2. The number of methoxy groups -OCH3 is 2. The normalized spacial score (nSPS) is 10.8. The van der Waals surface area contributed by atoms with Crippen LogP contribution < -0.4 is 24.2 Å². The van der Waals surface area contributed by atoms with Crippen molar-refractivity contribution in [2.75, 3.05) is 30.9 Å². The molecule has 3 aromatic carbocycles. The van der Waals surface area contributed by atoms with Gasteiger partial charge >= 0.3 is 0 Å². The van der Waals surface area contributed by atoms with Crippen LogP contribution in [0.25, 0.3) is 0 Å². The summed E-state index contributed by atoms with van der Waals surface area (Å²) in [6.07, 6.45) is 0. The van der Waals surface area contributed by atoms with E-state index in [9.17, 15) is 13.2 Å². The van der Waals surface area contributed by atoms with Crippen LogP contribution in [0.5, 0.6) is 17.2 Å². The van der Waals surface area contributed by atoms with Crippen LogP contribution in [0.1, 0.15) is 5.56 Å². The number of carbonyl (C=O) groups excluding carboxylic acids is 1. The topological polar surface area (TPSA) is 103 Å². The Morgan fingerprint density at radius 1 is 0.906 bits per heavy atom. The first-order valence-electron chi connectivity index (χ1n) is 9.65. The Hall–Kier alpha value is -3.72. The fraction of sp³-hybridized carbons (Fsp3) is 0.174. The third kappa shape index (κ3) is 5.70. The van der Waals surface area contributed by atoms with Gasteiger partial charge in [0.15, 0.2) is 18.1 Å². The summed E-state index contributed by atoms with van der Waals surface area (Å²) in [7, 11) is -0.710. The van der Waals surface area contributed by atoms with E-state index in [1.165, 1.54) is 38.5 Å². The van der Waals surface area contributed by atoms with Gasteiger partial charge in [0, 0.05) is 11.8 Å². The zero-order chi connectivity index (χ0) is 23.1. The number of benzene rings is 3. The number of para-hydroxylation sites is 1. The van der Waals surface area contributed by atoms with E-state index in [-0.39, 0.29) is 17.4 Å². The Morgan fingerprint density at radius 3 is 2.25 bits per heavy atom. The molecule has 0 unspecified atom stereocenters. The monoisotopic (exact) mass is 456 g/mol. The van der Waals surface area contributed by atoms with Crippen LogP contribution in [-0.4, -0.2) is 35.2 Å². The first-order chi connectivity index (χ1) is 15.3. The van der Waals surface area contributed by atoms with Crippen molar-refractivity contribution in [2.45, 2.75) is 11.8 Å². The number of hydrogen-bond acceptors (Lipinski definition) is 6. The lowest BCUT2D eigenvalue weighted by Gasteiger charge is -2.12. The number of rotatable bonds is 9. The standard InChI is InChI=1S/C23H24N2O6S/c1-16-6-4-5-7-20(16)25-32(27,28)19-11-9-18(10-12-19)31-15-23(26)24-17-8-13-21(29-2)22(14-17)30-3/h4-14,25H,15H2,1-3H3,(H,24,26). The van der Waals surface area contributed by atoms with Gasteiger partial charge in [-0.1, -0.05) is 18.2 Å². The molecular formula is C23H24N2O6S. The van der Waals surface area contributed by atoms with Crippen molar-refractivity contribution in [3.63, 3.8) is 0 Å². The fourth-order valence-electron chi connectivity index (χ4n) is 2.87. The molecule has 3 aromatic rings. The van der Waals surface area contributed by atoms with E-state index in [2.05, 4.69) is 10.0 Å². The molecule has 0 aliphatic heterocycles. The molecule has 32 heavy (non-hydrogen) atoms. The van der Waals surface area contributed by atoms with Crippen LogP contribution in [0.4, 0.5) is 11.4 Å². The van der Waals surface area contributed by atoms with E-state index in [0.717, 1.165) is 5.56 Å². The summed E-state index contributed by atoms with van der Waals surface area (Å²) in [5, 5.41) is 2.70. The molecule has 0 heterocycles. The number of carbonyl (C=O) groups is 1. The quantitative estimate of drug-likeness (QED) is 0.507. The van der Waals surface area contributed by atoms with Crippen molar-refractivity contribution in [1.29, 1.82) is 0 Å². The number of ether oxygens (including phenoxy) is 3. The van der Waals surface area contributed by atoms with Gasteiger partial charge in [0.2, 0.25) is 0 Å². The molecule has 0 atom stereocenters. The Balaban J connectivity index is 1.59. The van der Waals surface area contributed by atoms with E-state index < -0.39 is 10.0 Å². The molecule has 168 valence electrons. The van der Waals surface area contributed by atoms with Gasteiger partial charge in [0.05, 0.1) is 24.8 Å². The van der Waals surface area contributed by atoms with Gasteiger partial charge in [0.1, 0.15) is 5.75 Å². The minimum absolute atomic E-state index is 0.0860. The highest BCUT2D eigenvalue weighted by Crippen LogP contribution is 2.29. The maximum Gasteiger partial charge on any atom is 0.262 e. The summed E-state index contributed by atoms with van der Waals surface area (Å²) in [4.78, 5) is 12.3. The summed E-state index contributed by atoms with van der Waals surface area (Å²) < 4.78 is 43.6. The molecular weight excluding hydrogens is 432 g/mol. The molecule has 0 aliphatic rings. The second kappa shape index (κ2) is 10.1. The zero-order valence-electron chi connectivity index (χ0n) is 17.9. The highest BCUT2D eigenvalue weighted by Gasteiger charge is 2.15. The molecule has 9 heteroatoms. The highest BCUT2D eigenvalue weighted by atomic mass is 32.2. The van der Waals surface area contributed by atoms with E-state index in [4.69, 9.17) is 14.2 Å². The molecule has 0 radical (unpaired) electrons. The molecule has 0 fully saturated rings. The van der Waals surface area contributed by atoms with Crippen molar-refractivity contribution in [2.24, 2.45) is 0 Å². The molecule has 0 saturated carbocycles. The largest absolute Gasteiger partial charge is 0.493 e. The van der Waals surface area contributed by atoms with Gasteiger partial charge in [-0.25, -0.2) is 8.42 Å². The van der Waals surface area contributed by atoms with Gasteiger partial charge in [-0.05, 0) is 55.0 Å². The average Bonchev–Trinajstić information content (AvgIpc) is 2.79. The van der Waals surface area contributed by atoms with Crippen LogP contribution in [0.3, 0.4) is 0 Å². The predicted octanol–water partition coefficient (Wildman–Crippen LogP) is 3.83. The lowest BCUT2D eigenvalue weighted by molar-refractivity contribution is -0.118. The first-order valence-corrected chi connectivity index (χ1v) is 11.1. The third-order valence-electron chi connectivity index (χ3n) is 4.56. The van der Waals surface area contributed by atoms with Crippen LogP contribution in [0.2, 0.25) is 0 Å². The molecule has 0 spiro atoms. The van der Waals surface area contributed by atoms with E-state index in [1.54, 1.807) is 30.3 Å². The molecule has 0 saturated heterocycles. The SMILES string of the molecule is COc1ccc(NC(=O)COc2ccc(S(=O)(=O)Nc3ccccc3C)cc2)cc1OC. The third-order valence-corrected chi connectivity index (χ3v) is 5.94. The minimum Gasteiger partial charge on any atom is -0.493 e. The Labute approximate surface area is 187 Å². The van der Waals surface area contributed by atoms with Gasteiger partial charge in [-0.3, -0.25) is 9.52 Å². The molecule has 2 N–H and O–H groups in total. The maximum atomic E-state index is 12.6. The Morgan fingerprint density at radius 2 is 1.59 bits per heavy atom. The minimum atomic E-state index is -3.74. The average molecular weight is 457 g/mol. The summed E-state index contributed by atoms with van der Waals surface area (Å²) in [5.41, 5.74) is 1.86. The van der Waals surface area contributed by atoms with Gasteiger partial charge in [0.25, 0.3) is 15.9 Å². The van der Waals surface area contributed by atoms with Crippen LogP contribution in [-0.2, 0) is 14.8 Å². The van der Waals surface area contributed by atoms with Gasteiger partial charge < -0.3 is 19.5 Å². The maximum absolute atomic E-state index is 12.6. The second-order valence-corrected chi connectivity index (χ2v) is 8.48. The van der Waals surface area contributed by atoms with Crippen molar-refractivity contribution in [3.05, 3.63) is 72.3 Å². The molecule has 0 aromatic heterocycles. The number of aryl methyl sites for hydroxylation is 1. The summed E-state index contributed by atoms with van der Waals surface area (Å²) in [6.45, 7) is 1.57. The Bertz CT molecular complexity index is 1190. The Kier molecular flexibility index (Phi) is 7.21. The number of nitrogens with one attached hydrogen (secondary N) is 2. The first kappa shape index (κ1) is 23.0. The molecule has 0 bridgehead atoms. The molecule has 1 amide bonds. The van der Waals surface area contributed by atoms with E-state index >= 15 is 0 Å². The van der Waals surface area contributed by atoms with Crippen molar-refractivity contribution < 1.29 is 27.4 Å². The second-order valence-electron chi connectivity index (χ2n) is 6.80. The smallest absolute Gasteiger partial charge is 0.262 e. The van der Waals surface area contributed by atoms with Gasteiger partial charge in [-0.2, -0.15) is 0 Å². The molecule has 3 rings (SSSR count). The van der Waals surface area contributed by atoms with Gasteiger partial charge in [-0.15, -0.1) is 0 Å². The van der Waals surface area contributed by atoms with Crippen molar-refractivity contribution in [1.82, 2.24) is 0 Å². The van der Waals surface area contributed by atoms with E-state index in [0.29, 0.717) is 28.6 Å².